The molecule has 2 aromatic rings. The molecule has 114 valence electrons. The van der Waals surface area contributed by atoms with Gasteiger partial charge in [0.25, 0.3) is 0 Å². The lowest BCUT2D eigenvalue weighted by atomic mass is 10.1. The average Bonchev–Trinajstić information content (AvgIpc) is 2.70. The molecule has 0 saturated carbocycles. The molecule has 0 unspecified atom stereocenters. The number of aryl methyl sites for hydroxylation is 1. The van der Waals surface area contributed by atoms with E-state index in [0.717, 1.165) is 27.4 Å². The van der Waals surface area contributed by atoms with E-state index >= 15 is 0 Å². The van der Waals surface area contributed by atoms with E-state index in [1.165, 1.54) is 5.56 Å². The van der Waals surface area contributed by atoms with Crippen molar-refractivity contribution < 1.29 is 0 Å². The molecule has 2 rings (SSSR count). The van der Waals surface area contributed by atoms with Gasteiger partial charge in [-0.2, -0.15) is 0 Å². The van der Waals surface area contributed by atoms with Gasteiger partial charge in [0.05, 0.1) is 5.02 Å². The normalized spacial score (nSPS) is 11.9. The lowest BCUT2D eigenvalue weighted by Crippen LogP contribution is -2.35. The van der Waals surface area contributed by atoms with E-state index in [4.69, 9.17) is 11.6 Å². The molecule has 0 amide bonds. The van der Waals surface area contributed by atoms with Crippen molar-refractivity contribution in [3.05, 3.63) is 34.6 Å². The van der Waals surface area contributed by atoms with E-state index < -0.39 is 0 Å². The Bertz CT molecular complexity index is 631. The van der Waals surface area contributed by atoms with Crippen molar-refractivity contribution in [2.75, 3.05) is 0 Å². The van der Waals surface area contributed by atoms with Crippen molar-refractivity contribution in [2.45, 2.75) is 49.8 Å². The quantitative estimate of drug-likeness (QED) is 0.928. The summed E-state index contributed by atoms with van der Waals surface area (Å²) < 4.78 is 1.97. The lowest BCUT2D eigenvalue weighted by molar-refractivity contribution is 0.422. The molecule has 0 fully saturated rings. The fourth-order valence-electron chi connectivity index (χ4n) is 1.74. The summed E-state index contributed by atoms with van der Waals surface area (Å²) in [6.07, 6.45) is 0. The standard InChI is InChI=1S/C15H21ClN4S/c1-10-18-19-14(20(10)5)21-13-11(7-6-8-12(13)16)9-17-15(2,3)4/h6-8,17H,9H2,1-5H3. The Kier molecular flexibility index (Phi) is 4.96. The number of benzene rings is 1. The van der Waals surface area contributed by atoms with E-state index in [9.17, 15) is 0 Å². The molecule has 21 heavy (non-hydrogen) atoms. The van der Waals surface area contributed by atoms with Crippen molar-refractivity contribution in [3.63, 3.8) is 0 Å². The highest BCUT2D eigenvalue weighted by atomic mass is 35.5. The Hall–Kier alpha value is -1.04. The Labute approximate surface area is 135 Å². The van der Waals surface area contributed by atoms with E-state index in [1.807, 2.05) is 30.7 Å². The topological polar surface area (TPSA) is 42.7 Å². The first-order chi connectivity index (χ1) is 9.78. The number of nitrogens with one attached hydrogen (secondary N) is 1. The van der Waals surface area contributed by atoms with Crippen LogP contribution in [0.3, 0.4) is 0 Å². The first kappa shape index (κ1) is 16.3. The number of rotatable bonds is 4. The smallest absolute Gasteiger partial charge is 0.195 e. The predicted octanol–water partition coefficient (Wildman–Crippen LogP) is 3.82. The van der Waals surface area contributed by atoms with Crippen LogP contribution in [0, 0.1) is 6.92 Å². The number of hydrogen-bond acceptors (Lipinski definition) is 4. The van der Waals surface area contributed by atoms with Crippen LogP contribution in [0.2, 0.25) is 5.02 Å². The molecule has 1 aromatic heterocycles. The molecule has 1 aromatic carbocycles. The van der Waals surface area contributed by atoms with Gasteiger partial charge in [-0.05, 0) is 51.1 Å². The fraction of sp³-hybridized carbons (Fsp3) is 0.467. The predicted molar refractivity (Wildman–Crippen MR) is 87.9 cm³/mol. The third-order valence-electron chi connectivity index (χ3n) is 3.10. The van der Waals surface area contributed by atoms with Crippen LogP contribution in [0.4, 0.5) is 0 Å². The van der Waals surface area contributed by atoms with Gasteiger partial charge in [0.1, 0.15) is 5.82 Å². The maximum absolute atomic E-state index is 6.38. The minimum Gasteiger partial charge on any atom is -0.309 e. The van der Waals surface area contributed by atoms with Crippen LogP contribution in [0.15, 0.2) is 28.3 Å². The Balaban J connectivity index is 2.27. The van der Waals surface area contributed by atoms with Crippen LogP contribution < -0.4 is 5.32 Å². The zero-order valence-electron chi connectivity index (χ0n) is 13.1. The Morgan fingerprint density at radius 1 is 1.29 bits per heavy atom. The second-order valence-electron chi connectivity index (χ2n) is 6.02. The summed E-state index contributed by atoms with van der Waals surface area (Å²) in [5.74, 6) is 0.888. The second kappa shape index (κ2) is 6.38. The van der Waals surface area contributed by atoms with Crippen LogP contribution in [-0.2, 0) is 13.6 Å². The zero-order valence-corrected chi connectivity index (χ0v) is 14.6. The molecule has 0 bridgehead atoms. The van der Waals surface area contributed by atoms with E-state index in [1.54, 1.807) is 11.8 Å². The number of halogens is 1. The van der Waals surface area contributed by atoms with Crippen molar-refractivity contribution in [3.8, 4) is 0 Å². The van der Waals surface area contributed by atoms with Crippen LogP contribution in [-0.4, -0.2) is 20.3 Å². The summed E-state index contributed by atoms with van der Waals surface area (Å²) in [6.45, 7) is 9.15. The maximum Gasteiger partial charge on any atom is 0.195 e. The van der Waals surface area contributed by atoms with Gasteiger partial charge in [-0.3, -0.25) is 0 Å². The molecule has 0 radical (unpaired) electrons. The van der Waals surface area contributed by atoms with Gasteiger partial charge in [0.15, 0.2) is 5.16 Å². The Morgan fingerprint density at radius 3 is 2.57 bits per heavy atom. The SMILES string of the molecule is Cc1nnc(Sc2c(Cl)cccc2CNC(C)(C)C)n1C. The van der Waals surface area contributed by atoms with Gasteiger partial charge in [-0.15, -0.1) is 10.2 Å². The van der Waals surface area contributed by atoms with Crippen LogP contribution in [0.5, 0.6) is 0 Å². The highest BCUT2D eigenvalue weighted by Gasteiger charge is 2.15. The molecule has 0 saturated heterocycles. The minimum absolute atomic E-state index is 0.0611. The summed E-state index contributed by atoms with van der Waals surface area (Å²) >= 11 is 7.94. The van der Waals surface area contributed by atoms with Gasteiger partial charge in [-0.1, -0.05) is 23.7 Å². The lowest BCUT2D eigenvalue weighted by Gasteiger charge is -2.21. The van der Waals surface area contributed by atoms with Crippen LogP contribution in [0.25, 0.3) is 0 Å². The summed E-state index contributed by atoms with van der Waals surface area (Å²) in [6, 6.07) is 5.98. The number of hydrogen-bond donors (Lipinski definition) is 1. The maximum atomic E-state index is 6.38. The molecule has 0 aliphatic carbocycles. The first-order valence-corrected chi connectivity index (χ1v) is 8.03. The largest absolute Gasteiger partial charge is 0.309 e. The fourth-order valence-corrected chi connectivity index (χ4v) is 3.02. The molecular weight excluding hydrogens is 304 g/mol. The molecule has 0 atom stereocenters. The highest BCUT2D eigenvalue weighted by molar-refractivity contribution is 7.99. The van der Waals surface area contributed by atoms with Crippen LogP contribution in [0.1, 0.15) is 32.2 Å². The summed E-state index contributed by atoms with van der Waals surface area (Å²) in [7, 11) is 1.96. The average molecular weight is 325 g/mol. The third kappa shape index (κ3) is 4.22. The van der Waals surface area contributed by atoms with Crippen molar-refractivity contribution >= 4 is 23.4 Å². The monoisotopic (exact) mass is 324 g/mol. The van der Waals surface area contributed by atoms with Crippen LogP contribution >= 0.6 is 23.4 Å². The molecule has 1 N–H and O–H groups in total. The van der Waals surface area contributed by atoms with Crippen molar-refractivity contribution in [1.82, 2.24) is 20.1 Å². The summed E-state index contributed by atoms with van der Waals surface area (Å²) in [5, 5.41) is 13.4. The second-order valence-corrected chi connectivity index (χ2v) is 7.41. The van der Waals surface area contributed by atoms with Crippen molar-refractivity contribution in [2.24, 2.45) is 7.05 Å². The van der Waals surface area contributed by atoms with E-state index in [-0.39, 0.29) is 5.54 Å². The Morgan fingerprint density at radius 2 is 2.00 bits per heavy atom. The molecule has 4 nitrogen and oxygen atoms in total. The molecule has 1 heterocycles. The molecule has 6 heteroatoms. The third-order valence-corrected chi connectivity index (χ3v) is 4.75. The van der Waals surface area contributed by atoms with Gasteiger partial charge in [-0.25, -0.2) is 0 Å². The zero-order chi connectivity index (χ0) is 15.6. The molecule has 0 aliphatic heterocycles. The van der Waals surface area contributed by atoms with Gasteiger partial charge in [0, 0.05) is 24.0 Å². The van der Waals surface area contributed by atoms with Crippen molar-refractivity contribution in [1.29, 1.82) is 0 Å². The van der Waals surface area contributed by atoms with Gasteiger partial charge >= 0.3 is 0 Å². The van der Waals surface area contributed by atoms with Gasteiger partial charge < -0.3 is 9.88 Å². The number of nitrogens with zero attached hydrogens (tertiary/aromatic N) is 3. The highest BCUT2D eigenvalue weighted by Crippen LogP contribution is 2.35. The van der Waals surface area contributed by atoms with E-state index in [2.05, 4.69) is 42.4 Å². The van der Waals surface area contributed by atoms with E-state index in [0.29, 0.717) is 0 Å². The number of aromatic nitrogens is 3. The molecular formula is C15H21ClN4S. The summed E-state index contributed by atoms with van der Waals surface area (Å²) in [5.41, 5.74) is 1.23. The molecule has 0 spiro atoms. The summed E-state index contributed by atoms with van der Waals surface area (Å²) in [4.78, 5) is 1.03. The van der Waals surface area contributed by atoms with Gasteiger partial charge in [0.2, 0.25) is 0 Å². The minimum atomic E-state index is 0.0611. The molecule has 0 aliphatic rings. The first-order valence-electron chi connectivity index (χ1n) is 6.84.